The fraction of sp³-hybridized carbons (Fsp3) is 0.500. The summed E-state index contributed by atoms with van der Waals surface area (Å²) in [5, 5.41) is 10.1. The molecule has 0 aliphatic carbocycles. The van der Waals surface area contributed by atoms with Crippen molar-refractivity contribution in [3.63, 3.8) is 0 Å². The first kappa shape index (κ1) is 23.9. The first-order chi connectivity index (χ1) is 14.6. The summed E-state index contributed by atoms with van der Waals surface area (Å²) in [6.45, 7) is 2.67. The van der Waals surface area contributed by atoms with Gasteiger partial charge < -0.3 is 14.6 Å². The van der Waals surface area contributed by atoms with Crippen LogP contribution in [-0.2, 0) is 17.8 Å². The van der Waals surface area contributed by atoms with Crippen LogP contribution in [0.5, 0.6) is 11.5 Å². The van der Waals surface area contributed by atoms with Crippen molar-refractivity contribution in [3.05, 3.63) is 59.7 Å². The number of ether oxygens (including phenoxy) is 2. The predicted molar refractivity (Wildman–Crippen MR) is 121 cm³/mol. The summed E-state index contributed by atoms with van der Waals surface area (Å²) < 4.78 is 11.4. The molecule has 2 rings (SSSR count). The van der Waals surface area contributed by atoms with Crippen LogP contribution in [0.4, 0.5) is 0 Å². The lowest BCUT2D eigenvalue weighted by Gasteiger charge is -2.13. The highest BCUT2D eigenvalue weighted by molar-refractivity contribution is 5.79. The molecule has 0 radical (unpaired) electrons. The van der Waals surface area contributed by atoms with Gasteiger partial charge in [0, 0.05) is 12.8 Å². The third-order valence-corrected chi connectivity index (χ3v) is 5.26. The molecule has 0 saturated heterocycles. The number of aliphatic hydroxyl groups excluding tert-OH is 1. The summed E-state index contributed by atoms with van der Waals surface area (Å²) >= 11 is 0. The average molecular weight is 413 g/mol. The number of hydrogen-bond acceptors (Lipinski definition) is 4. The van der Waals surface area contributed by atoms with Gasteiger partial charge in [0.15, 0.2) is 11.5 Å². The molecule has 164 valence electrons. The molecule has 0 aliphatic rings. The largest absolute Gasteiger partial charge is 0.493 e. The Morgan fingerprint density at radius 3 is 2.47 bits per heavy atom. The van der Waals surface area contributed by atoms with Crippen molar-refractivity contribution >= 4 is 5.78 Å². The normalized spacial score (nSPS) is 11.8. The van der Waals surface area contributed by atoms with Gasteiger partial charge in [-0.05, 0) is 36.1 Å². The van der Waals surface area contributed by atoms with E-state index in [9.17, 15) is 9.90 Å². The molecule has 0 aliphatic heterocycles. The molecule has 1 atom stereocenters. The summed E-state index contributed by atoms with van der Waals surface area (Å²) in [5.74, 6) is 1.47. The highest BCUT2D eigenvalue weighted by Gasteiger charge is 2.12. The Bertz CT molecular complexity index is 742. The molecule has 0 spiro atoms. The van der Waals surface area contributed by atoms with Crippen molar-refractivity contribution in [2.24, 2.45) is 0 Å². The number of ketones is 1. The molecule has 0 heterocycles. The van der Waals surface area contributed by atoms with Gasteiger partial charge in [-0.1, -0.05) is 75.4 Å². The van der Waals surface area contributed by atoms with Gasteiger partial charge in [-0.25, -0.2) is 0 Å². The topological polar surface area (TPSA) is 55.8 Å². The Labute approximate surface area is 181 Å². The van der Waals surface area contributed by atoms with Gasteiger partial charge in [-0.15, -0.1) is 0 Å². The van der Waals surface area contributed by atoms with Crippen molar-refractivity contribution in [3.8, 4) is 11.5 Å². The Hall–Kier alpha value is -2.33. The SMILES string of the molecule is CCCCCCCC(O)CC(=O)CCc1ccc(OCc2ccccc2)c(OC)c1. The molecule has 0 amide bonds. The molecule has 4 nitrogen and oxygen atoms in total. The Morgan fingerprint density at radius 1 is 0.967 bits per heavy atom. The minimum absolute atomic E-state index is 0.111. The highest BCUT2D eigenvalue weighted by atomic mass is 16.5. The summed E-state index contributed by atoms with van der Waals surface area (Å²) in [7, 11) is 1.62. The van der Waals surface area contributed by atoms with E-state index in [2.05, 4.69) is 6.92 Å². The summed E-state index contributed by atoms with van der Waals surface area (Å²) in [6, 6.07) is 15.8. The van der Waals surface area contributed by atoms with Gasteiger partial charge in [-0.2, -0.15) is 0 Å². The molecule has 30 heavy (non-hydrogen) atoms. The fourth-order valence-corrected chi connectivity index (χ4v) is 3.46. The lowest BCUT2D eigenvalue weighted by atomic mass is 10.0. The quantitative estimate of drug-likeness (QED) is 0.371. The standard InChI is InChI=1S/C26H36O4/c1-3-4-5-6-10-13-23(27)19-24(28)16-14-21-15-17-25(26(18-21)29-2)30-20-22-11-8-7-9-12-22/h7-9,11-12,15,17-18,23,27H,3-6,10,13-14,16,19-20H2,1-2H3. The number of carbonyl (C=O) groups is 1. The van der Waals surface area contributed by atoms with Crippen molar-refractivity contribution in [2.75, 3.05) is 7.11 Å². The zero-order chi connectivity index (χ0) is 21.6. The fourth-order valence-electron chi connectivity index (χ4n) is 3.46. The van der Waals surface area contributed by atoms with Crippen LogP contribution in [0.3, 0.4) is 0 Å². The maximum Gasteiger partial charge on any atom is 0.161 e. The molecule has 1 N–H and O–H groups in total. The van der Waals surface area contributed by atoms with Crippen LogP contribution in [0.15, 0.2) is 48.5 Å². The number of carbonyl (C=O) groups excluding carboxylic acids is 1. The summed E-state index contributed by atoms with van der Waals surface area (Å²) in [5.41, 5.74) is 2.12. The highest BCUT2D eigenvalue weighted by Crippen LogP contribution is 2.29. The molecule has 0 fully saturated rings. The number of aliphatic hydroxyl groups is 1. The van der Waals surface area contributed by atoms with Crippen LogP contribution in [0.25, 0.3) is 0 Å². The van der Waals surface area contributed by atoms with Crippen LogP contribution in [0, 0.1) is 0 Å². The van der Waals surface area contributed by atoms with Crippen molar-refractivity contribution in [2.45, 2.75) is 77.4 Å². The average Bonchev–Trinajstić information content (AvgIpc) is 2.77. The second kappa shape index (κ2) is 13.8. The summed E-state index contributed by atoms with van der Waals surface area (Å²) in [6.07, 6.45) is 7.33. The molecule has 0 bridgehead atoms. The van der Waals surface area contributed by atoms with Gasteiger partial charge in [0.1, 0.15) is 12.4 Å². The number of aryl methyl sites for hydroxylation is 1. The Balaban J connectivity index is 1.76. The number of benzene rings is 2. The maximum absolute atomic E-state index is 12.2. The van der Waals surface area contributed by atoms with Gasteiger partial charge in [0.2, 0.25) is 0 Å². The first-order valence-electron chi connectivity index (χ1n) is 11.2. The lowest BCUT2D eigenvalue weighted by Crippen LogP contribution is -2.14. The minimum atomic E-state index is -0.512. The van der Waals surface area contributed by atoms with E-state index in [1.54, 1.807) is 7.11 Å². The van der Waals surface area contributed by atoms with E-state index < -0.39 is 6.10 Å². The lowest BCUT2D eigenvalue weighted by molar-refractivity contribution is -0.121. The second-order valence-corrected chi connectivity index (χ2v) is 7.86. The molecular weight excluding hydrogens is 376 g/mol. The number of unbranched alkanes of at least 4 members (excludes halogenated alkanes) is 4. The van der Waals surface area contributed by atoms with Gasteiger partial charge >= 0.3 is 0 Å². The van der Waals surface area contributed by atoms with E-state index in [1.807, 2.05) is 48.5 Å². The Kier molecular flexibility index (Phi) is 11.0. The van der Waals surface area contributed by atoms with Crippen molar-refractivity contribution in [1.82, 2.24) is 0 Å². The van der Waals surface area contributed by atoms with E-state index in [1.165, 1.54) is 19.3 Å². The number of methoxy groups -OCH3 is 1. The van der Waals surface area contributed by atoms with E-state index in [-0.39, 0.29) is 12.2 Å². The maximum atomic E-state index is 12.2. The smallest absolute Gasteiger partial charge is 0.161 e. The van der Waals surface area contributed by atoms with Crippen LogP contribution < -0.4 is 9.47 Å². The van der Waals surface area contributed by atoms with Crippen LogP contribution in [0.1, 0.15) is 69.4 Å². The monoisotopic (exact) mass is 412 g/mol. The van der Waals surface area contributed by atoms with Crippen molar-refractivity contribution in [1.29, 1.82) is 0 Å². The molecular formula is C26H36O4. The van der Waals surface area contributed by atoms with Gasteiger partial charge in [0.25, 0.3) is 0 Å². The molecule has 4 heteroatoms. The number of hydrogen-bond donors (Lipinski definition) is 1. The number of Topliss-reactive ketones (excluding diaryl/α,β-unsaturated/α-hetero) is 1. The molecule has 2 aromatic rings. The van der Waals surface area contributed by atoms with E-state index in [0.29, 0.717) is 30.9 Å². The molecule has 0 saturated carbocycles. The van der Waals surface area contributed by atoms with Crippen molar-refractivity contribution < 1.29 is 19.4 Å². The zero-order valence-corrected chi connectivity index (χ0v) is 18.4. The Morgan fingerprint density at radius 2 is 1.73 bits per heavy atom. The van der Waals surface area contributed by atoms with E-state index in [4.69, 9.17) is 9.47 Å². The molecule has 1 unspecified atom stereocenters. The zero-order valence-electron chi connectivity index (χ0n) is 18.4. The first-order valence-corrected chi connectivity index (χ1v) is 11.2. The van der Waals surface area contributed by atoms with Gasteiger partial charge in [-0.3, -0.25) is 4.79 Å². The van der Waals surface area contributed by atoms with Crippen LogP contribution >= 0.6 is 0 Å². The van der Waals surface area contributed by atoms with Crippen LogP contribution in [-0.4, -0.2) is 24.1 Å². The minimum Gasteiger partial charge on any atom is -0.493 e. The number of rotatable bonds is 15. The molecule has 2 aromatic carbocycles. The predicted octanol–water partition coefficient (Wildman–Crippen LogP) is 5.89. The summed E-state index contributed by atoms with van der Waals surface area (Å²) in [4.78, 5) is 12.2. The van der Waals surface area contributed by atoms with Gasteiger partial charge in [0.05, 0.1) is 13.2 Å². The third-order valence-electron chi connectivity index (χ3n) is 5.26. The van der Waals surface area contributed by atoms with E-state index >= 15 is 0 Å². The molecule has 0 aromatic heterocycles. The second-order valence-electron chi connectivity index (χ2n) is 7.86. The van der Waals surface area contributed by atoms with E-state index in [0.717, 1.165) is 30.4 Å². The van der Waals surface area contributed by atoms with Crippen LogP contribution in [0.2, 0.25) is 0 Å². The third kappa shape index (κ3) is 9.00.